The highest BCUT2D eigenvalue weighted by atomic mass is 16.5. The summed E-state index contributed by atoms with van der Waals surface area (Å²) >= 11 is 0. The molecule has 7 nitrogen and oxygen atoms in total. The van der Waals surface area contributed by atoms with Gasteiger partial charge in [-0.05, 0) is 30.5 Å². The van der Waals surface area contributed by atoms with Crippen molar-refractivity contribution in [3.05, 3.63) is 48.2 Å². The Balaban J connectivity index is 1.71. The van der Waals surface area contributed by atoms with Gasteiger partial charge in [0.15, 0.2) is 5.96 Å². The SMILES string of the molecule is CCCCOCCCNC(=NC)NCc1ccc(Oc2cccc(OC)c2)nc1. The minimum Gasteiger partial charge on any atom is -0.497 e. The van der Waals surface area contributed by atoms with Crippen molar-refractivity contribution in [1.29, 1.82) is 0 Å². The Morgan fingerprint density at radius 3 is 2.62 bits per heavy atom. The summed E-state index contributed by atoms with van der Waals surface area (Å²) in [5.74, 6) is 2.73. The maximum Gasteiger partial charge on any atom is 0.219 e. The molecule has 0 aliphatic carbocycles. The standard InChI is InChI=1S/C22H32N4O3/c1-4-5-13-28-14-7-12-24-22(23-2)26-17-18-10-11-21(25-16-18)29-20-9-6-8-19(15-20)27-3/h6,8-11,15-16H,4-5,7,12-14,17H2,1-3H3,(H2,23,24,26). The Bertz CT molecular complexity index is 735. The van der Waals surface area contributed by atoms with Crippen LogP contribution in [-0.4, -0.2) is 44.9 Å². The fraction of sp³-hybridized carbons (Fsp3) is 0.455. The molecule has 0 radical (unpaired) electrons. The summed E-state index contributed by atoms with van der Waals surface area (Å²) < 4.78 is 16.5. The molecule has 1 aromatic heterocycles. The Kier molecular flexibility index (Phi) is 10.4. The number of aromatic nitrogens is 1. The zero-order valence-corrected chi connectivity index (χ0v) is 17.6. The molecule has 2 rings (SSSR count). The molecule has 29 heavy (non-hydrogen) atoms. The van der Waals surface area contributed by atoms with E-state index in [9.17, 15) is 0 Å². The Labute approximate surface area is 173 Å². The van der Waals surface area contributed by atoms with E-state index < -0.39 is 0 Å². The molecule has 1 aromatic carbocycles. The molecule has 0 aliphatic rings. The number of hydrogen-bond donors (Lipinski definition) is 2. The summed E-state index contributed by atoms with van der Waals surface area (Å²) in [6.07, 6.45) is 5.02. The molecule has 7 heteroatoms. The van der Waals surface area contributed by atoms with E-state index in [1.165, 1.54) is 0 Å². The Hall–Kier alpha value is -2.80. The average molecular weight is 401 g/mol. The van der Waals surface area contributed by atoms with Crippen LogP contribution < -0.4 is 20.1 Å². The van der Waals surface area contributed by atoms with Gasteiger partial charge in [-0.3, -0.25) is 4.99 Å². The van der Waals surface area contributed by atoms with Crippen molar-refractivity contribution in [3.63, 3.8) is 0 Å². The topological polar surface area (TPSA) is 77.0 Å². The largest absolute Gasteiger partial charge is 0.497 e. The number of hydrogen-bond acceptors (Lipinski definition) is 5. The molecule has 0 saturated heterocycles. The van der Waals surface area contributed by atoms with E-state index in [1.54, 1.807) is 20.4 Å². The third-order valence-electron chi connectivity index (χ3n) is 4.14. The van der Waals surface area contributed by atoms with Crippen molar-refractivity contribution in [1.82, 2.24) is 15.6 Å². The van der Waals surface area contributed by atoms with Crippen LogP contribution in [-0.2, 0) is 11.3 Å². The normalized spacial score (nSPS) is 11.2. The van der Waals surface area contributed by atoms with E-state index in [0.717, 1.165) is 56.3 Å². The molecule has 158 valence electrons. The molecule has 0 fully saturated rings. The molecule has 2 aromatic rings. The van der Waals surface area contributed by atoms with Crippen LogP contribution in [0.2, 0.25) is 0 Å². The fourth-order valence-electron chi connectivity index (χ4n) is 2.50. The average Bonchev–Trinajstić information content (AvgIpc) is 2.76. The molecular formula is C22H32N4O3. The van der Waals surface area contributed by atoms with Crippen LogP contribution in [0.15, 0.2) is 47.6 Å². The molecule has 0 amide bonds. The first kappa shape index (κ1) is 22.5. The smallest absolute Gasteiger partial charge is 0.219 e. The highest BCUT2D eigenvalue weighted by Crippen LogP contribution is 2.23. The molecule has 0 saturated carbocycles. The zero-order valence-electron chi connectivity index (χ0n) is 17.6. The van der Waals surface area contributed by atoms with Gasteiger partial charge in [0.05, 0.1) is 7.11 Å². The Morgan fingerprint density at radius 1 is 1.07 bits per heavy atom. The lowest BCUT2D eigenvalue weighted by molar-refractivity contribution is 0.129. The molecule has 0 spiro atoms. The maximum absolute atomic E-state index is 5.76. The third-order valence-corrected chi connectivity index (χ3v) is 4.14. The first-order chi connectivity index (χ1) is 14.2. The predicted octanol–water partition coefficient (Wildman–Crippen LogP) is 3.75. The van der Waals surface area contributed by atoms with Gasteiger partial charge in [0.2, 0.25) is 5.88 Å². The van der Waals surface area contributed by atoms with Crippen molar-refractivity contribution in [2.24, 2.45) is 4.99 Å². The summed E-state index contributed by atoms with van der Waals surface area (Å²) in [6.45, 7) is 5.21. The van der Waals surface area contributed by atoms with Gasteiger partial charge >= 0.3 is 0 Å². The number of aliphatic imine (C=N–C) groups is 1. The van der Waals surface area contributed by atoms with Crippen LogP contribution >= 0.6 is 0 Å². The predicted molar refractivity (Wildman–Crippen MR) is 116 cm³/mol. The van der Waals surface area contributed by atoms with Gasteiger partial charge in [-0.25, -0.2) is 4.98 Å². The summed E-state index contributed by atoms with van der Waals surface area (Å²) in [4.78, 5) is 8.60. The second kappa shape index (κ2) is 13.4. The first-order valence-corrected chi connectivity index (χ1v) is 10.0. The van der Waals surface area contributed by atoms with Crippen LogP contribution in [0.3, 0.4) is 0 Å². The zero-order chi connectivity index (χ0) is 20.7. The molecule has 0 bridgehead atoms. The van der Waals surface area contributed by atoms with Crippen LogP contribution in [0.5, 0.6) is 17.4 Å². The molecule has 1 heterocycles. The van der Waals surface area contributed by atoms with Gasteiger partial charge < -0.3 is 24.8 Å². The number of pyridine rings is 1. The second-order valence-electron chi connectivity index (χ2n) is 6.46. The van der Waals surface area contributed by atoms with Crippen LogP contribution in [0.25, 0.3) is 0 Å². The number of benzene rings is 1. The number of ether oxygens (including phenoxy) is 3. The van der Waals surface area contributed by atoms with Gasteiger partial charge in [-0.1, -0.05) is 25.5 Å². The van der Waals surface area contributed by atoms with Gasteiger partial charge in [-0.15, -0.1) is 0 Å². The lowest BCUT2D eigenvalue weighted by Crippen LogP contribution is -2.37. The van der Waals surface area contributed by atoms with E-state index in [1.807, 2.05) is 36.4 Å². The fourth-order valence-corrected chi connectivity index (χ4v) is 2.50. The van der Waals surface area contributed by atoms with Crippen molar-refractivity contribution < 1.29 is 14.2 Å². The van der Waals surface area contributed by atoms with Crippen molar-refractivity contribution in [2.75, 3.05) is 33.9 Å². The van der Waals surface area contributed by atoms with Crippen molar-refractivity contribution >= 4 is 5.96 Å². The molecule has 2 N–H and O–H groups in total. The van der Waals surface area contributed by atoms with Gasteiger partial charge in [0.1, 0.15) is 11.5 Å². The number of rotatable bonds is 12. The summed E-state index contributed by atoms with van der Waals surface area (Å²) in [7, 11) is 3.39. The monoisotopic (exact) mass is 400 g/mol. The number of methoxy groups -OCH3 is 1. The highest BCUT2D eigenvalue weighted by molar-refractivity contribution is 5.79. The minimum atomic E-state index is 0.535. The van der Waals surface area contributed by atoms with Gasteiger partial charge in [0.25, 0.3) is 0 Å². The van der Waals surface area contributed by atoms with Crippen LogP contribution in [0, 0.1) is 0 Å². The van der Waals surface area contributed by atoms with Gasteiger partial charge in [0, 0.05) is 51.7 Å². The van der Waals surface area contributed by atoms with Crippen LogP contribution in [0.1, 0.15) is 31.7 Å². The summed E-state index contributed by atoms with van der Waals surface area (Å²) in [5, 5.41) is 6.57. The van der Waals surface area contributed by atoms with E-state index >= 15 is 0 Å². The third kappa shape index (κ3) is 8.83. The Morgan fingerprint density at radius 2 is 1.90 bits per heavy atom. The van der Waals surface area contributed by atoms with E-state index in [4.69, 9.17) is 14.2 Å². The highest BCUT2D eigenvalue weighted by Gasteiger charge is 2.03. The number of nitrogens with zero attached hydrogens (tertiary/aromatic N) is 2. The number of unbranched alkanes of at least 4 members (excludes halogenated alkanes) is 1. The van der Waals surface area contributed by atoms with Gasteiger partial charge in [-0.2, -0.15) is 0 Å². The quantitative estimate of drug-likeness (QED) is 0.321. The molecular weight excluding hydrogens is 368 g/mol. The van der Waals surface area contributed by atoms with Crippen molar-refractivity contribution in [2.45, 2.75) is 32.7 Å². The first-order valence-electron chi connectivity index (χ1n) is 10.0. The van der Waals surface area contributed by atoms with E-state index in [0.29, 0.717) is 18.2 Å². The lowest BCUT2D eigenvalue weighted by atomic mass is 10.3. The second-order valence-corrected chi connectivity index (χ2v) is 6.46. The number of guanidine groups is 1. The van der Waals surface area contributed by atoms with Crippen LogP contribution in [0.4, 0.5) is 0 Å². The number of nitrogens with one attached hydrogen (secondary N) is 2. The summed E-state index contributed by atoms with van der Waals surface area (Å²) in [5.41, 5.74) is 1.04. The van der Waals surface area contributed by atoms with Crippen molar-refractivity contribution in [3.8, 4) is 17.4 Å². The van der Waals surface area contributed by atoms with E-state index in [-0.39, 0.29) is 0 Å². The molecule has 0 unspecified atom stereocenters. The van der Waals surface area contributed by atoms with E-state index in [2.05, 4.69) is 27.5 Å². The minimum absolute atomic E-state index is 0.535. The molecule has 0 atom stereocenters. The summed E-state index contributed by atoms with van der Waals surface area (Å²) in [6, 6.07) is 11.3. The molecule has 0 aliphatic heterocycles. The maximum atomic E-state index is 5.76. The lowest BCUT2D eigenvalue weighted by Gasteiger charge is -2.12.